The Morgan fingerprint density at radius 2 is 0.800 bits per heavy atom. The third kappa shape index (κ3) is 1.75. The van der Waals surface area contributed by atoms with Crippen molar-refractivity contribution in [2.75, 3.05) is 0 Å². The first-order chi connectivity index (χ1) is 6.93. The van der Waals surface area contributed by atoms with E-state index >= 15 is 0 Å². The Hall–Kier alpha value is -1.34. The molecule has 0 amide bonds. The normalized spacial score (nSPS) is 10.1. The van der Waals surface area contributed by atoms with E-state index in [1.165, 1.54) is 0 Å². The molecule has 0 bridgehead atoms. The number of aromatic nitrogens is 2. The van der Waals surface area contributed by atoms with Gasteiger partial charge in [0.2, 0.25) is 0 Å². The number of rotatable bonds is 0. The molecule has 0 unspecified atom stereocenters. The Morgan fingerprint density at radius 1 is 0.533 bits per heavy atom. The van der Waals surface area contributed by atoms with Crippen LogP contribution in [0.15, 0.2) is 48.5 Å². The van der Waals surface area contributed by atoms with Gasteiger partial charge in [0.1, 0.15) is 0 Å². The summed E-state index contributed by atoms with van der Waals surface area (Å²) in [4.78, 5) is 9.03. The van der Waals surface area contributed by atoms with Crippen molar-refractivity contribution in [1.29, 1.82) is 0 Å². The second kappa shape index (κ2) is 4.03. The summed E-state index contributed by atoms with van der Waals surface area (Å²) in [6.07, 6.45) is 0. The van der Waals surface area contributed by atoms with E-state index in [0.29, 0.717) is 0 Å². The van der Waals surface area contributed by atoms with Gasteiger partial charge in [-0.05, 0) is 24.3 Å². The Balaban J connectivity index is 0.000000853. The number of para-hydroxylation sites is 4. The second-order valence-corrected chi connectivity index (χ2v) is 3.20. The minimum Gasteiger partial charge on any atom is -0.245 e. The molecule has 15 heavy (non-hydrogen) atoms. The van der Waals surface area contributed by atoms with E-state index in [9.17, 15) is 0 Å². The van der Waals surface area contributed by atoms with Crippen molar-refractivity contribution >= 4 is 22.1 Å². The molecule has 0 aliphatic rings. The zero-order valence-corrected chi connectivity index (χ0v) is 9.60. The van der Waals surface area contributed by atoms with E-state index in [2.05, 4.69) is 9.97 Å². The summed E-state index contributed by atoms with van der Waals surface area (Å²) in [5.74, 6) is 0. The fourth-order valence-corrected chi connectivity index (χ4v) is 1.57. The van der Waals surface area contributed by atoms with Gasteiger partial charge in [-0.2, -0.15) is 0 Å². The minimum atomic E-state index is 0. The molecule has 0 N–H and O–H groups in total. The molecular formula is C12H8N2Ru. The fraction of sp³-hybridized carbons (Fsp3) is 0. The van der Waals surface area contributed by atoms with Gasteiger partial charge in [-0.1, -0.05) is 24.3 Å². The van der Waals surface area contributed by atoms with Crippen LogP contribution in [0.3, 0.4) is 0 Å². The van der Waals surface area contributed by atoms with Crippen LogP contribution in [0, 0.1) is 0 Å². The molecule has 1 heterocycles. The predicted molar refractivity (Wildman–Crippen MR) is 57.0 cm³/mol. The van der Waals surface area contributed by atoms with Crippen LogP contribution in [0.4, 0.5) is 0 Å². The molecule has 74 valence electrons. The Bertz CT molecular complexity index is 502. The van der Waals surface area contributed by atoms with Gasteiger partial charge in [0.05, 0.1) is 22.1 Å². The molecule has 0 saturated heterocycles. The van der Waals surface area contributed by atoms with E-state index in [1.54, 1.807) is 0 Å². The first-order valence-electron chi connectivity index (χ1n) is 4.55. The summed E-state index contributed by atoms with van der Waals surface area (Å²) in [6.45, 7) is 0. The van der Waals surface area contributed by atoms with Crippen molar-refractivity contribution in [2.45, 2.75) is 0 Å². The first kappa shape index (κ1) is 10.2. The molecule has 2 aromatic carbocycles. The van der Waals surface area contributed by atoms with Crippen LogP contribution in [0.5, 0.6) is 0 Å². The van der Waals surface area contributed by atoms with Gasteiger partial charge in [-0.3, -0.25) is 0 Å². The minimum absolute atomic E-state index is 0. The van der Waals surface area contributed by atoms with Crippen molar-refractivity contribution in [2.24, 2.45) is 0 Å². The van der Waals surface area contributed by atoms with Gasteiger partial charge in [-0.25, -0.2) is 9.97 Å². The van der Waals surface area contributed by atoms with Crippen LogP contribution in [0.2, 0.25) is 0 Å². The zero-order chi connectivity index (χ0) is 9.38. The number of fused-ring (bicyclic) bond motifs is 2. The molecule has 3 rings (SSSR count). The average Bonchev–Trinajstić information content (AvgIpc) is 2.26. The molecule has 2 nitrogen and oxygen atoms in total. The maximum Gasteiger partial charge on any atom is 0.0894 e. The quantitative estimate of drug-likeness (QED) is 0.468. The van der Waals surface area contributed by atoms with E-state index in [0.717, 1.165) is 22.1 Å². The van der Waals surface area contributed by atoms with Crippen LogP contribution >= 0.6 is 0 Å². The van der Waals surface area contributed by atoms with Crippen molar-refractivity contribution in [3.05, 3.63) is 48.5 Å². The molecular weight excluding hydrogens is 273 g/mol. The van der Waals surface area contributed by atoms with E-state index in [-0.39, 0.29) is 19.5 Å². The monoisotopic (exact) mass is 282 g/mol. The van der Waals surface area contributed by atoms with Gasteiger partial charge in [0.15, 0.2) is 0 Å². The summed E-state index contributed by atoms with van der Waals surface area (Å²) in [7, 11) is 0. The van der Waals surface area contributed by atoms with Crippen molar-refractivity contribution in [3.63, 3.8) is 0 Å². The predicted octanol–water partition coefficient (Wildman–Crippen LogP) is 2.78. The largest absolute Gasteiger partial charge is 0.245 e. The summed E-state index contributed by atoms with van der Waals surface area (Å²) in [5.41, 5.74) is 3.80. The third-order valence-electron chi connectivity index (χ3n) is 2.25. The Labute approximate surface area is 100 Å². The molecule has 1 aromatic heterocycles. The van der Waals surface area contributed by atoms with E-state index < -0.39 is 0 Å². The summed E-state index contributed by atoms with van der Waals surface area (Å²) < 4.78 is 0. The zero-order valence-electron chi connectivity index (χ0n) is 7.87. The molecule has 0 radical (unpaired) electrons. The average molecular weight is 281 g/mol. The molecule has 3 heteroatoms. The van der Waals surface area contributed by atoms with Crippen molar-refractivity contribution < 1.29 is 19.5 Å². The number of benzene rings is 2. The van der Waals surface area contributed by atoms with Crippen LogP contribution in [-0.4, -0.2) is 9.97 Å². The topological polar surface area (TPSA) is 25.8 Å². The standard InChI is InChI=1S/C12H8N2.Ru/c1-2-6-10-9(5-1)13-11-7-3-4-8-12(11)14-10;/h1-8H;. The molecule has 0 saturated carbocycles. The van der Waals surface area contributed by atoms with Crippen LogP contribution in [0.1, 0.15) is 0 Å². The van der Waals surface area contributed by atoms with Crippen molar-refractivity contribution in [3.8, 4) is 0 Å². The van der Waals surface area contributed by atoms with Gasteiger partial charge < -0.3 is 0 Å². The third-order valence-corrected chi connectivity index (χ3v) is 2.25. The molecule has 0 fully saturated rings. The molecule has 3 aromatic rings. The SMILES string of the molecule is [Ru].c1ccc2nc3ccccc3nc2c1. The smallest absolute Gasteiger partial charge is 0.0894 e. The maximum atomic E-state index is 4.52. The van der Waals surface area contributed by atoms with Gasteiger partial charge >= 0.3 is 0 Å². The van der Waals surface area contributed by atoms with E-state index in [4.69, 9.17) is 0 Å². The second-order valence-electron chi connectivity index (χ2n) is 3.20. The molecule has 0 atom stereocenters. The van der Waals surface area contributed by atoms with Gasteiger partial charge in [-0.15, -0.1) is 0 Å². The molecule has 0 aliphatic carbocycles. The Morgan fingerprint density at radius 3 is 1.07 bits per heavy atom. The molecule has 0 spiro atoms. The van der Waals surface area contributed by atoms with Gasteiger partial charge in [0.25, 0.3) is 0 Å². The van der Waals surface area contributed by atoms with E-state index in [1.807, 2.05) is 48.5 Å². The van der Waals surface area contributed by atoms with Gasteiger partial charge in [0, 0.05) is 19.5 Å². The van der Waals surface area contributed by atoms with Crippen LogP contribution in [0.25, 0.3) is 22.1 Å². The van der Waals surface area contributed by atoms with Crippen molar-refractivity contribution in [1.82, 2.24) is 9.97 Å². The number of hydrogen-bond donors (Lipinski definition) is 0. The van der Waals surface area contributed by atoms with Crippen LogP contribution < -0.4 is 0 Å². The molecule has 0 aliphatic heterocycles. The Kier molecular flexibility index (Phi) is 2.74. The maximum absolute atomic E-state index is 4.52. The van der Waals surface area contributed by atoms with Crippen LogP contribution in [-0.2, 0) is 19.5 Å². The number of hydrogen-bond acceptors (Lipinski definition) is 2. The summed E-state index contributed by atoms with van der Waals surface area (Å²) in [6, 6.07) is 15.8. The fourth-order valence-electron chi connectivity index (χ4n) is 1.57. The summed E-state index contributed by atoms with van der Waals surface area (Å²) in [5, 5.41) is 0. The first-order valence-corrected chi connectivity index (χ1v) is 4.55. The summed E-state index contributed by atoms with van der Waals surface area (Å²) >= 11 is 0. The number of nitrogens with zero attached hydrogens (tertiary/aromatic N) is 2.